The molecule has 0 fully saturated rings. The van der Waals surface area contributed by atoms with Gasteiger partial charge in [-0.3, -0.25) is 0 Å². The minimum atomic E-state index is 0.810. The summed E-state index contributed by atoms with van der Waals surface area (Å²) in [7, 11) is 0. The molecule has 1 aliphatic rings. The summed E-state index contributed by atoms with van der Waals surface area (Å²) in [6, 6.07) is 0. The highest BCUT2D eigenvalue weighted by Gasteiger charge is 2.04. The van der Waals surface area contributed by atoms with Crippen molar-refractivity contribution in [2.45, 2.75) is 6.42 Å². The van der Waals surface area contributed by atoms with Crippen LogP contribution in [0.25, 0.3) is 0 Å². The highest BCUT2D eigenvalue weighted by Crippen LogP contribution is 2.13. The van der Waals surface area contributed by atoms with E-state index >= 15 is 0 Å². The zero-order valence-electron chi connectivity index (χ0n) is 5.46. The summed E-state index contributed by atoms with van der Waals surface area (Å²) in [5.74, 6) is 0.810. The van der Waals surface area contributed by atoms with Crippen molar-refractivity contribution in [3.63, 3.8) is 0 Å². The van der Waals surface area contributed by atoms with Gasteiger partial charge in [-0.1, -0.05) is 0 Å². The molecule has 52 valence electrons. The molecule has 10 heavy (non-hydrogen) atoms. The van der Waals surface area contributed by atoms with Crippen molar-refractivity contribution in [3.8, 4) is 0 Å². The summed E-state index contributed by atoms with van der Waals surface area (Å²) in [6.07, 6.45) is 4.33. The largest absolute Gasteiger partial charge is 0.376 e. The van der Waals surface area contributed by atoms with Gasteiger partial charge < -0.3 is 10.3 Å². The molecule has 0 saturated carbocycles. The maximum atomic E-state index is 4.07. The molecule has 0 aromatic carbocycles. The van der Waals surface area contributed by atoms with E-state index in [-0.39, 0.29) is 0 Å². The van der Waals surface area contributed by atoms with Gasteiger partial charge in [0.1, 0.15) is 0 Å². The van der Waals surface area contributed by atoms with E-state index in [1.54, 1.807) is 12.7 Å². The SMILES string of the molecule is C1=Nc2nc[nH]c2CCN1. The maximum Gasteiger partial charge on any atom is 0.174 e. The molecule has 0 amide bonds. The maximum absolute atomic E-state index is 4.07. The quantitative estimate of drug-likeness (QED) is 0.536. The van der Waals surface area contributed by atoms with Gasteiger partial charge in [-0.05, 0) is 0 Å². The summed E-state index contributed by atoms with van der Waals surface area (Å²) < 4.78 is 0. The van der Waals surface area contributed by atoms with E-state index in [2.05, 4.69) is 20.3 Å². The van der Waals surface area contributed by atoms with Crippen molar-refractivity contribution in [3.05, 3.63) is 12.0 Å². The second kappa shape index (κ2) is 2.13. The van der Waals surface area contributed by atoms with Gasteiger partial charge in [0.05, 0.1) is 18.4 Å². The average molecular weight is 136 g/mol. The van der Waals surface area contributed by atoms with Crippen molar-refractivity contribution < 1.29 is 0 Å². The lowest BCUT2D eigenvalue weighted by molar-refractivity contribution is 0.871. The Bertz CT molecular complexity index is 250. The molecular weight excluding hydrogens is 128 g/mol. The molecule has 4 nitrogen and oxygen atoms in total. The van der Waals surface area contributed by atoms with Crippen molar-refractivity contribution in [2.75, 3.05) is 6.54 Å². The first-order valence-corrected chi connectivity index (χ1v) is 3.25. The topological polar surface area (TPSA) is 53.1 Å². The van der Waals surface area contributed by atoms with Gasteiger partial charge in [0, 0.05) is 13.0 Å². The highest BCUT2D eigenvalue weighted by molar-refractivity contribution is 5.61. The molecule has 4 heteroatoms. The summed E-state index contributed by atoms with van der Waals surface area (Å²) in [6.45, 7) is 0.929. The summed E-state index contributed by atoms with van der Waals surface area (Å²) in [5.41, 5.74) is 1.11. The van der Waals surface area contributed by atoms with Gasteiger partial charge in [0.15, 0.2) is 5.82 Å². The molecule has 0 atom stereocenters. The summed E-state index contributed by atoms with van der Waals surface area (Å²) in [5, 5.41) is 3.03. The summed E-state index contributed by atoms with van der Waals surface area (Å²) >= 11 is 0. The van der Waals surface area contributed by atoms with E-state index in [0.29, 0.717) is 0 Å². The van der Waals surface area contributed by atoms with E-state index < -0.39 is 0 Å². The third kappa shape index (κ3) is 0.775. The molecule has 0 unspecified atom stereocenters. The fraction of sp³-hybridized carbons (Fsp3) is 0.333. The van der Waals surface area contributed by atoms with Gasteiger partial charge in [-0.25, -0.2) is 9.98 Å². The number of rotatable bonds is 0. The van der Waals surface area contributed by atoms with Crippen LogP contribution in [0.3, 0.4) is 0 Å². The molecule has 0 spiro atoms. The Kier molecular flexibility index (Phi) is 1.16. The van der Waals surface area contributed by atoms with Crippen LogP contribution >= 0.6 is 0 Å². The Morgan fingerprint density at radius 3 is 3.50 bits per heavy atom. The minimum Gasteiger partial charge on any atom is -0.376 e. The highest BCUT2D eigenvalue weighted by atomic mass is 15.1. The smallest absolute Gasteiger partial charge is 0.174 e. The number of nitrogens with one attached hydrogen (secondary N) is 2. The van der Waals surface area contributed by atoms with Crippen molar-refractivity contribution >= 4 is 12.2 Å². The number of hydrogen-bond donors (Lipinski definition) is 2. The number of H-pyrrole nitrogens is 1. The molecule has 0 bridgehead atoms. The van der Waals surface area contributed by atoms with Crippen LogP contribution in [0.5, 0.6) is 0 Å². The Labute approximate surface area is 58.4 Å². The predicted molar refractivity (Wildman–Crippen MR) is 38.4 cm³/mol. The first-order valence-electron chi connectivity index (χ1n) is 3.25. The van der Waals surface area contributed by atoms with Gasteiger partial charge in [-0.2, -0.15) is 0 Å². The minimum absolute atomic E-state index is 0.810. The number of aromatic nitrogens is 2. The number of nitrogens with zero attached hydrogens (tertiary/aromatic N) is 2. The van der Waals surface area contributed by atoms with E-state index in [1.165, 1.54) is 0 Å². The van der Waals surface area contributed by atoms with Crippen LogP contribution in [0, 0.1) is 0 Å². The molecule has 0 aliphatic carbocycles. The van der Waals surface area contributed by atoms with Crippen LogP contribution in [0.2, 0.25) is 0 Å². The molecular formula is C6H8N4. The molecule has 2 heterocycles. The van der Waals surface area contributed by atoms with Crippen molar-refractivity contribution in [1.29, 1.82) is 0 Å². The van der Waals surface area contributed by atoms with Crippen LogP contribution in [0.15, 0.2) is 11.3 Å². The standard InChI is InChI=1S/C6H8N4/c1-2-7-3-9-6-5(1)8-4-10-6/h3-4H,1-2H2,(H,7,9)(H,8,10). The van der Waals surface area contributed by atoms with Crippen molar-refractivity contribution in [2.24, 2.45) is 4.99 Å². The second-order valence-electron chi connectivity index (χ2n) is 2.17. The first-order chi connectivity index (χ1) is 4.97. The third-order valence-corrected chi connectivity index (χ3v) is 1.49. The molecule has 1 aromatic rings. The Morgan fingerprint density at radius 2 is 2.50 bits per heavy atom. The first kappa shape index (κ1) is 5.46. The predicted octanol–water partition coefficient (Wildman–Crippen LogP) is 0.215. The van der Waals surface area contributed by atoms with Crippen LogP contribution in [-0.2, 0) is 6.42 Å². The van der Waals surface area contributed by atoms with E-state index in [0.717, 1.165) is 24.5 Å². The van der Waals surface area contributed by atoms with Gasteiger partial charge in [0.2, 0.25) is 0 Å². The number of fused-ring (bicyclic) bond motifs is 1. The fourth-order valence-corrected chi connectivity index (χ4v) is 0.978. The number of imidazole rings is 1. The second-order valence-corrected chi connectivity index (χ2v) is 2.17. The average Bonchev–Trinajstić information content (AvgIpc) is 2.28. The molecule has 0 radical (unpaired) electrons. The van der Waals surface area contributed by atoms with Crippen LogP contribution in [0.4, 0.5) is 5.82 Å². The van der Waals surface area contributed by atoms with Crippen molar-refractivity contribution in [1.82, 2.24) is 15.3 Å². The Hall–Kier alpha value is -1.32. The lowest BCUT2D eigenvalue weighted by atomic mass is 10.3. The molecule has 0 saturated heterocycles. The van der Waals surface area contributed by atoms with Gasteiger partial charge in [0.25, 0.3) is 0 Å². The zero-order chi connectivity index (χ0) is 6.81. The molecule has 2 N–H and O–H groups in total. The Morgan fingerprint density at radius 1 is 1.50 bits per heavy atom. The van der Waals surface area contributed by atoms with Gasteiger partial charge in [-0.15, -0.1) is 0 Å². The molecule has 1 aromatic heterocycles. The normalized spacial score (nSPS) is 15.6. The monoisotopic (exact) mass is 136 g/mol. The third-order valence-electron chi connectivity index (χ3n) is 1.49. The molecule has 2 rings (SSSR count). The molecule has 1 aliphatic heterocycles. The van der Waals surface area contributed by atoms with Crippen LogP contribution < -0.4 is 5.32 Å². The van der Waals surface area contributed by atoms with E-state index in [1.807, 2.05) is 0 Å². The summed E-state index contributed by atoms with van der Waals surface area (Å²) in [4.78, 5) is 11.1. The van der Waals surface area contributed by atoms with Crippen LogP contribution in [-0.4, -0.2) is 22.9 Å². The van der Waals surface area contributed by atoms with E-state index in [4.69, 9.17) is 0 Å². The fourth-order valence-electron chi connectivity index (χ4n) is 0.978. The number of hydrogen-bond acceptors (Lipinski definition) is 3. The Balaban J connectivity index is 2.42. The van der Waals surface area contributed by atoms with E-state index in [9.17, 15) is 0 Å². The zero-order valence-corrected chi connectivity index (χ0v) is 5.46. The van der Waals surface area contributed by atoms with Gasteiger partial charge >= 0.3 is 0 Å². The lowest BCUT2D eigenvalue weighted by Crippen LogP contribution is -2.12. The van der Waals surface area contributed by atoms with Crippen LogP contribution in [0.1, 0.15) is 5.69 Å². The number of aromatic amines is 1. The number of aliphatic imine (C=N–C) groups is 1. The lowest BCUT2D eigenvalue weighted by Gasteiger charge is -1.92.